The minimum Gasteiger partial charge on any atom is -0.383 e. The molecule has 0 radical (unpaired) electrons. The molecule has 0 spiro atoms. The van der Waals surface area contributed by atoms with Gasteiger partial charge < -0.3 is 16.8 Å². The first-order valence-corrected chi connectivity index (χ1v) is 5.34. The Balaban J connectivity index is 2.45. The van der Waals surface area contributed by atoms with Gasteiger partial charge >= 0.3 is 0 Å². The average molecular weight is 259 g/mol. The predicted octanol–water partition coefficient (Wildman–Crippen LogP) is 0.865. The minimum absolute atomic E-state index is 0.577. The van der Waals surface area contributed by atoms with E-state index in [2.05, 4.69) is 26.2 Å². The standard InChI is InChI=1S/C9H15BrN4/c10-8-4-7(9(12)14-6-8)5-13-3-1-2-11/h4,6,13H,1-3,5,11H2,(H2,12,14). The first-order chi connectivity index (χ1) is 6.74. The Labute approximate surface area is 92.2 Å². The lowest BCUT2D eigenvalue weighted by molar-refractivity contribution is 0.655. The molecule has 14 heavy (non-hydrogen) atoms. The van der Waals surface area contributed by atoms with Gasteiger partial charge in [0.2, 0.25) is 0 Å². The molecule has 1 rings (SSSR count). The summed E-state index contributed by atoms with van der Waals surface area (Å²) in [6, 6.07) is 1.97. The fourth-order valence-corrected chi connectivity index (χ4v) is 1.46. The van der Waals surface area contributed by atoms with Crippen molar-refractivity contribution in [2.24, 2.45) is 5.73 Å². The van der Waals surface area contributed by atoms with Crippen LogP contribution in [0.3, 0.4) is 0 Å². The summed E-state index contributed by atoms with van der Waals surface area (Å²) in [6.45, 7) is 2.35. The Hall–Kier alpha value is -0.650. The molecular formula is C9H15BrN4. The van der Waals surface area contributed by atoms with E-state index >= 15 is 0 Å². The smallest absolute Gasteiger partial charge is 0.127 e. The molecule has 0 amide bonds. The molecule has 0 unspecified atom stereocenters. The lowest BCUT2D eigenvalue weighted by atomic mass is 10.2. The molecule has 0 atom stereocenters. The molecule has 0 aliphatic carbocycles. The maximum atomic E-state index is 5.71. The number of rotatable bonds is 5. The van der Waals surface area contributed by atoms with Crippen molar-refractivity contribution in [2.75, 3.05) is 18.8 Å². The van der Waals surface area contributed by atoms with E-state index in [1.807, 2.05) is 6.07 Å². The average Bonchev–Trinajstić information content (AvgIpc) is 2.18. The normalized spacial score (nSPS) is 10.4. The zero-order chi connectivity index (χ0) is 10.4. The number of nitrogens with two attached hydrogens (primary N) is 2. The van der Waals surface area contributed by atoms with Crippen LogP contribution < -0.4 is 16.8 Å². The number of hydrogen-bond acceptors (Lipinski definition) is 4. The van der Waals surface area contributed by atoms with Crippen molar-refractivity contribution in [2.45, 2.75) is 13.0 Å². The van der Waals surface area contributed by atoms with Gasteiger partial charge in [0, 0.05) is 22.8 Å². The Bertz CT molecular complexity index is 290. The van der Waals surface area contributed by atoms with Gasteiger partial charge in [0.15, 0.2) is 0 Å². The van der Waals surface area contributed by atoms with Gasteiger partial charge in [-0.1, -0.05) is 0 Å². The van der Waals surface area contributed by atoms with Crippen LogP contribution in [0.4, 0.5) is 5.82 Å². The molecule has 0 bridgehead atoms. The van der Waals surface area contributed by atoms with Gasteiger partial charge in [-0.15, -0.1) is 0 Å². The van der Waals surface area contributed by atoms with Crippen molar-refractivity contribution in [1.82, 2.24) is 10.3 Å². The lowest BCUT2D eigenvalue weighted by Crippen LogP contribution is -2.18. The van der Waals surface area contributed by atoms with Gasteiger partial charge in [-0.05, 0) is 41.5 Å². The van der Waals surface area contributed by atoms with Crippen LogP contribution in [-0.4, -0.2) is 18.1 Å². The van der Waals surface area contributed by atoms with E-state index in [0.29, 0.717) is 12.4 Å². The van der Waals surface area contributed by atoms with E-state index in [1.165, 1.54) is 0 Å². The molecule has 4 nitrogen and oxygen atoms in total. The third kappa shape index (κ3) is 3.61. The summed E-state index contributed by atoms with van der Waals surface area (Å²) in [7, 11) is 0. The summed E-state index contributed by atoms with van der Waals surface area (Å²) in [5, 5.41) is 3.25. The van der Waals surface area contributed by atoms with Gasteiger partial charge in [-0.25, -0.2) is 4.98 Å². The van der Waals surface area contributed by atoms with Crippen LogP contribution in [0.15, 0.2) is 16.7 Å². The van der Waals surface area contributed by atoms with E-state index < -0.39 is 0 Å². The third-order valence-corrected chi connectivity index (χ3v) is 2.27. The monoisotopic (exact) mass is 258 g/mol. The number of pyridine rings is 1. The zero-order valence-corrected chi connectivity index (χ0v) is 9.55. The molecule has 78 valence electrons. The summed E-state index contributed by atoms with van der Waals surface area (Å²) in [5.74, 6) is 0.577. The molecule has 0 aliphatic rings. The second kappa shape index (κ2) is 5.95. The molecule has 5 heteroatoms. The van der Waals surface area contributed by atoms with E-state index in [4.69, 9.17) is 11.5 Å². The number of nitrogen functional groups attached to an aromatic ring is 1. The Kier molecular flexibility index (Phi) is 4.86. The maximum Gasteiger partial charge on any atom is 0.127 e. The summed E-state index contributed by atoms with van der Waals surface area (Å²) >= 11 is 3.35. The van der Waals surface area contributed by atoms with Gasteiger partial charge in [0.25, 0.3) is 0 Å². The van der Waals surface area contributed by atoms with E-state index in [1.54, 1.807) is 6.20 Å². The molecule has 5 N–H and O–H groups in total. The van der Waals surface area contributed by atoms with Crippen LogP contribution in [0.25, 0.3) is 0 Å². The van der Waals surface area contributed by atoms with Gasteiger partial charge in [0.05, 0.1) is 0 Å². The van der Waals surface area contributed by atoms with E-state index in [-0.39, 0.29) is 0 Å². The molecule has 0 saturated carbocycles. The zero-order valence-electron chi connectivity index (χ0n) is 7.96. The van der Waals surface area contributed by atoms with Gasteiger partial charge in [-0.2, -0.15) is 0 Å². The topological polar surface area (TPSA) is 77.0 Å². The molecule has 0 aliphatic heterocycles. The number of hydrogen-bond donors (Lipinski definition) is 3. The first kappa shape index (κ1) is 11.4. The van der Waals surface area contributed by atoms with Gasteiger partial charge in [0.1, 0.15) is 5.82 Å². The second-order valence-electron chi connectivity index (χ2n) is 3.02. The molecule has 1 aromatic rings. The molecule has 1 aromatic heterocycles. The second-order valence-corrected chi connectivity index (χ2v) is 3.93. The van der Waals surface area contributed by atoms with Crippen LogP contribution in [0.1, 0.15) is 12.0 Å². The fraction of sp³-hybridized carbons (Fsp3) is 0.444. The molecule has 1 heterocycles. The summed E-state index contributed by atoms with van der Waals surface area (Å²) < 4.78 is 0.947. The fourth-order valence-electron chi connectivity index (χ4n) is 1.08. The van der Waals surface area contributed by atoms with Crippen molar-refractivity contribution in [1.29, 1.82) is 0 Å². The summed E-state index contributed by atoms with van der Waals surface area (Å²) in [4.78, 5) is 4.04. The van der Waals surface area contributed by atoms with Crippen molar-refractivity contribution in [3.05, 3.63) is 22.3 Å². The Morgan fingerprint density at radius 3 is 3.00 bits per heavy atom. The Morgan fingerprint density at radius 2 is 2.29 bits per heavy atom. The van der Waals surface area contributed by atoms with Crippen molar-refractivity contribution >= 4 is 21.7 Å². The summed E-state index contributed by atoms with van der Waals surface area (Å²) in [5.41, 5.74) is 12.1. The highest BCUT2D eigenvalue weighted by Crippen LogP contribution is 2.14. The highest BCUT2D eigenvalue weighted by atomic mass is 79.9. The molecule has 0 fully saturated rings. The summed E-state index contributed by atoms with van der Waals surface area (Å²) in [6.07, 6.45) is 2.67. The highest BCUT2D eigenvalue weighted by Gasteiger charge is 2.00. The third-order valence-electron chi connectivity index (χ3n) is 1.84. The Morgan fingerprint density at radius 1 is 1.50 bits per heavy atom. The van der Waals surface area contributed by atoms with Crippen LogP contribution in [0, 0.1) is 0 Å². The lowest BCUT2D eigenvalue weighted by Gasteiger charge is -2.06. The van der Waals surface area contributed by atoms with Crippen molar-refractivity contribution in [3.63, 3.8) is 0 Å². The SMILES string of the molecule is NCCCNCc1cc(Br)cnc1N. The largest absolute Gasteiger partial charge is 0.383 e. The van der Waals surface area contributed by atoms with Crippen molar-refractivity contribution in [3.8, 4) is 0 Å². The van der Waals surface area contributed by atoms with E-state index in [9.17, 15) is 0 Å². The van der Waals surface area contributed by atoms with Crippen molar-refractivity contribution < 1.29 is 0 Å². The number of aromatic nitrogens is 1. The predicted molar refractivity (Wildman–Crippen MR) is 61.7 cm³/mol. The van der Waals surface area contributed by atoms with E-state index in [0.717, 1.165) is 29.5 Å². The molecular weight excluding hydrogens is 244 g/mol. The number of halogens is 1. The van der Waals surface area contributed by atoms with Crippen LogP contribution >= 0.6 is 15.9 Å². The number of nitrogens with zero attached hydrogens (tertiary/aromatic N) is 1. The highest BCUT2D eigenvalue weighted by molar-refractivity contribution is 9.10. The minimum atomic E-state index is 0.577. The van der Waals surface area contributed by atoms with Crippen LogP contribution in [-0.2, 0) is 6.54 Å². The van der Waals surface area contributed by atoms with Crippen LogP contribution in [0.5, 0.6) is 0 Å². The number of nitrogens with one attached hydrogen (secondary N) is 1. The quantitative estimate of drug-likeness (QED) is 0.685. The first-order valence-electron chi connectivity index (χ1n) is 4.54. The van der Waals surface area contributed by atoms with Crippen LogP contribution in [0.2, 0.25) is 0 Å². The maximum absolute atomic E-state index is 5.71. The molecule has 0 saturated heterocycles. The molecule has 0 aromatic carbocycles. The van der Waals surface area contributed by atoms with Gasteiger partial charge in [-0.3, -0.25) is 0 Å². The number of anilines is 1.